The minimum Gasteiger partial charge on any atom is -0.507 e. The smallest absolute Gasteiger partial charge is 0.230 e. The summed E-state index contributed by atoms with van der Waals surface area (Å²) in [6.45, 7) is 5.61. The van der Waals surface area contributed by atoms with Crippen molar-refractivity contribution in [2.75, 3.05) is 14.2 Å². The Morgan fingerprint density at radius 3 is 2.24 bits per heavy atom. The third-order valence-corrected chi connectivity index (χ3v) is 4.16. The van der Waals surface area contributed by atoms with Crippen molar-refractivity contribution in [2.45, 2.75) is 20.8 Å². The number of ether oxygens (including phenoxy) is 3. The van der Waals surface area contributed by atoms with Crippen LogP contribution < -0.4 is 14.2 Å². The van der Waals surface area contributed by atoms with Crippen LogP contribution in [0.4, 0.5) is 0 Å². The molecule has 1 N–H and O–H groups in total. The van der Waals surface area contributed by atoms with Crippen LogP contribution in [0.3, 0.4) is 0 Å². The van der Waals surface area contributed by atoms with Crippen LogP contribution in [-0.2, 0) is 0 Å². The Morgan fingerprint density at radius 2 is 1.56 bits per heavy atom. The van der Waals surface area contributed by atoms with Crippen molar-refractivity contribution in [1.29, 1.82) is 0 Å². The van der Waals surface area contributed by atoms with E-state index < -0.39 is 0 Å². The first-order valence-corrected chi connectivity index (χ1v) is 7.80. The van der Waals surface area contributed by atoms with E-state index in [1.165, 1.54) is 6.33 Å². The van der Waals surface area contributed by atoms with E-state index >= 15 is 0 Å². The van der Waals surface area contributed by atoms with E-state index in [1.807, 2.05) is 26.8 Å². The normalized spacial score (nSPS) is 10.8. The molecule has 0 saturated carbocycles. The summed E-state index contributed by atoms with van der Waals surface area (Å²) in [7, 11) is 3.14. The van der Waals surface area contributed by atoms with Gasteiger partial charge in [-0.1, -0.05) is 0 Å². The van der Waals surface area contributed by atoms with E-state index in [1.54, 1.807) is 26.4 Å². The molecule has 6 nitrogen and oxygen atoms in total. The van der Waals surface area contributed by atoms with Gasteiger partial charge in [0.1, 0.15) is 17.8 Å². The molecule has 6 heteroatoms. The molecule has 0 amide bonds. The summed E-state index contributed by atoms with van der Waals surface area (Å²) in [4.78, 5) is 8.52. The van der Waals surface area contributed by atoms with Gasteiger partial charge in [0.25, 0.3) is 0 Å². The number of methoxy groups -OCH3 is 2. The van der Waals surface area contributed by atoms with Crippen LogP contribution in [0.5, 0.6) is 28.9 Å². The van der Waals surface area contributed by atoms with Crippen molar-refractivity contribution >= 4 is 10.9 Å². The summed E-state index contributed by atoms with van der Waals surface area (Å²) < 4.78 is 16.7. The van der Waals surface area contributed by atoms with Gasteiger partial charge in [0.05, 0.1) is 25.1 Å². The molecule has 2 aromatic carbocycles. The number of phenolic OH excluding ortho intramolecular Hbond substituents is 1. The van der Waals surface area contributed by atoms with Gasteiger partial charge in [-0.2, -0.15) is 0 Å². The van der Waals surface area contributed by atoms with Gasteiger partial charge in [-0.15, -0.1) is 0 Å². The van der Waals surface area contributed by atoms with E-state index in [-0.39, 0.29) is 5.75 Å². The van der Waals surface area contributed by atoms with E-state index in [9.17, 15) is 5.11 Å². The van der Waals surface area contributed by atoms with E-state index in [0.717, 1.165) is 11.1 Å². The van der Waals surface area contributed by atoms with Gasteiger partial charge < -0.3 is 19.3 Å². The minimum absolute atomic E-state index is 0.221. The van der Waals surface area contributed by atoms with Crippen molar-refractivity contribution in [2.24, 2.45) is 0 Å². The molecule has 0 aliphatic carbocycles. The zero-order chi connectivity index (χ0) is 18.1. The molecule has 0 bridgehead atoms. The lowest BCUT2D eigenvalue weighted by molar-refractivity contribution is 0.355. The molecule has 3 aromatic rings. The fourth-order valence-electron chi connectivity index (χ4n) is 2.85. The van der Waals surface area contributed by atoms with Crippen LogP contribution in [0.15, 0.2) is 24.5 Å². The molecule has 0 spiro atoms. The molecule has 0 aliphatic heterocycles. The Kier molecular flexibility index (Phi) is 4.35. The maximum Gasteiger partial charge on any atom is 0.230 e. The van der Waals surface area contributed by atoms with Crippen LogP contribution in [0.2, 0.25) is 0 Å². The quantitative estimate of drug-likeness (QED) is 0.772. The molecule has 0 radical (unpaired) electrons. The first-order chi connectivity index (χ1) is 12.0. The summed E-state index contributed by atoms with van der Waals surface area (Å²) in [6.07, 6.45) is 1.43. The molecule has 0 unspecified atom stereocenters. The Hall–Kier alpha value is -3.02. The molecular weight excluding hydrogens is 320 g/mol. The lowest BCUT2D eigenvalue weighted by Gasteiger charge is -2.15. The van der Waals surface area contributed by atoms with E-state index in [4.69, 9.17) is 14.2 Å². The number of aromatic hydroxyl groups is 1. The Morgan fingerprint density at radius 1 is 0.880 bits per heavy atom. The maximum atomic E-state index is 10.2. The summed E-state index contributed by atoms with van der Waals surface area (Å²) in [5, 5.41) is 10.9. The molecule has 1 heterocycles. The highest BCUT2D eigenvalue weighted by atomic mass is 16.5. The molecule has 130 valence electrons. The second kappa shape index (κ2) is 6.47. The minimum atomic E-state index is 0.221. The number of fused-ring (bicyclic) bond motifs is 1. The Labute approximate surface area is 146 Å². The monoisotopic (exact) mass is 340 g/mol. The molecule has 0 aliphatic rings. The third kappa shape index (κ3) is 2.91. The second-order valence-corrected chi connectivity index (χ2v) is 5.82. The van der Waals surface area contributed by atoms with Gasteiger partial charge in [0.15, 0.2) is 11.5 Å². The highest BCUT2D eigenvalue weighted by Crippen LogP contribution is 2.39. The van der Waals surface area contributed by atoms with Gasteiger partial charge in [-0.05, 0) is 44.0 Å². The van der Waals surface area contributed by atoms with Crippen molar-refractivity contribution < 1.29 is 19.3 Å². The SMILES string of the molecule is COc1cc2ncnc(Oc3c(C)cc(C)c(O)c3C)c2cc1OC. The number of benzene rings is 2. The molecule has 25 heavy (non-hydrogen) atoms. The number of aryl methyl sites for hydroxylation is 2. The van der Waals surface area contributed by atoms with Gasteiger partial charge in [0, 0.05) is 11.6 Å². The third-order valence-electron chi connectivity index (χ3n) is 4.16. The average Bonchev–Trinajstić information content (AvgIpc) is 2.62. The van der Waals surface area contributed by atoms with Gasteiger partial charge >= 0.3 is 0 Å². The number of hydrogen-bond donors (Lipinski definition) is 1. The molecule has 0 saturated heterocycles. The number of phenols is 1. The fraction of sp³-hybridized carbons (Fsp3) is 0.263. The second-order valence-electron chi connectivity index (χ2n) is 5.82. The topological polar surface area (TPSA) is 73.7 Å². The zero-order valence-corrected chi connectivity index (χ0v) is 14.9. The standard InChI is InChI=1S/C19H20N2O4/c1-10-6-11(2)18(12(3)17(10)22)25-19-13-7-15(23-4)16(24-5)8-14(13)20-9-21-19/h6-9,22H,1-5H3. The largest absolute Gasteiger partial charge is 0.507 e. The van der Waals surface area contributed by atoms with Crippen LogP contribution >= 0.6 is 0 Å². The number of rotatable bonds is 4. The summed E-state index contributed by atoms with van der Waals surface area (Å²) >= 11 is 0. The van der Waals surface area contributed by atoms with Gasteiger partial charge in [-0.3, -0.25) is 0 Å². The molecule has 0 atom stereocenters. The molecular formula is C19H20N2O4. The van der Waals surface area contributed by atoms with Crippen LogP contribution in [0, 0.1) is 20.8 Å². The lowest BCUT2D eigenvalue weighted by atomic mass is 10.0. The average molecular weight is 340 g/mol. The number of hydrogen-bond acceptors (Lipinski definition) is 6. The van der Waals surface area contributed by atoms with Gasteiger partial charge in [0.2, 0.25) is 5.88 Å². The summed E-state index contributed by atoms with van der Waals surface area (Å²) in [5.74, 6) is 2.34. The summed E-state index contributed by atoms with van der Waals surface area (Å²) in [5.41, 5.74) is 3.07. The van der Waals surface area contributed by atoms with Gasteiger partial charge in [-0.25, -0.2) is 9.97 Å². The summed E-state index contributed by atoms with van der Waals surface area (Å²) in [6, 6.07) is 5.43. The van der Waals surface area contributed by atoms with Crippen LogP contribution in [-0.4, -0.2) is 29.3 Å². The van der Waals surface area contributed by atoms with Crippen LogP contribution in [0.1, 0.15) is 16.7 Å². The molecule has 1 aromatic heterocycles. The highest BCUT2D eigenvalue weighted by Gasteiger charge is 2.16. The Balaban J connectivity index is 2.16. The zero-order valence-electron chi connectivity index (χ0n) is 14.9. The van der Waals surface area contributed by atoms with Crippen LogP contribution in [0.25, 0.3) is 10.9 Å². The van der Waals surface area contributed by atoms with E-state index in [2.05, 4.69) is 9.97 Å². The highest BCUT2D eigenvalue weighted by molar-refractivity contribution is 5.87. The first-order valence-electron chi connectivity index (χ1n) is 7.80. The first kappa shape index (κ1) is 16.8. The Bertz CT molecular complexity index is 954. The predicted octanol–water partition coefficient (Wildman–Crippen LogP) is 4.07. The fourth-order valence-corrected chi connectivity index (χ4v) is 2.85. The van der Waals surface area contributed by atoms with Crippen molar-refractivity contribution in [1.82, 2.24) is 9.97 Å². The number of aromatic nitrogens is 2. The van der Waals surface area contributed by atoms with Crippen molar-refractivity contribution in [3.63, 3.8) is 0 Å². The lowest BCUT2D eigenvalue weighted by Crippen LogP contribution is -1.98. The number of nitrogens with zero attached hydrogens (tertiary/aromatic N) is 2. The molecule has 0 fully saturated rings. The molecule has 3 rings (SSSR count). The van der Waals surface area contributed by atoms with Crippen molar-refractivity contribution in [3.05, 3.63) is 41.2 Å². The van der Waals surface area contributed by atoms with Crippen molar-refractivity contribution in [3.8, 4) is 28.9 Å². The van der Waals surface area contributed by atoms with E-state index in [0.29, 0.717) is 39.6 Å². The maximum absolute atomic E-state index is 10.2. The predicted molar refractivity (Wildman–Crippen MR) is 95.0 cm³/mol.